The first kappa shape index (κ1) is 21.8. The van der Waals surface area contributed by atoms with Gasteiger partial charge in [0.05, 0.1) is 12.1 Å². The molecule has 4 aliphatic heterocycles. The first-order chi connectivity index (χ1) is 15.6. The van der Waals surface area contributed by atoms with Crippen LogP contribution in [0.15, 0.2) is 23.0 Å². The number of urea groups is 1. The fourth-order valence-corrected chi connectivity index (χ4v) is 7.44. The highest BCUT2D eigenvalue weighted by Crippen LogP contribution is 2.35. The van der Waals surface area contributed by atoms with Crippen LogP contribution in [-0.2, 0) is 11.3 Å². The second-order valence-electron chi connectivity index (χ2n) is 9.68. The third-order valence-electron chi connectivity index (χ3n) is 7.39. The number of pyridine rings is 1. The normalized spacial score (nSPS) is 30.9. The van der Waals surface area contributed by atoms with Crippen molar-refractivity contribution in [1.82, 2.24) is 25.4 Å². The van der Waals surface area contributed by atoms with Crippen LogP contribution in [0.3, 0.4) is 0 Å². The van der Waals surface area contributed by atoms with E-state index in [-0.39, 0.29) is 29.6 Å². The third-order valence-corrected chi connectivity index (χ3v) is 8.89. The van der Waals surface area contributed by atoms with Gasteiger partial charge in [-0.2, -0.15) is 11.8 Å². The van der Waals surface area contributed by atoms with Gasteiger partial charge >= 0.3 is 6.03 Å². The van der Waals surface area contributed by atoms with Crippen LogP contribution in [0.25, 0.3) is 0 Å². The summed E-state index contributed by atoms with van der Waals surface area (Å²) in [4.78, 5) is 38.3. The minimum absolute atomic E-state index is 0.0415. The Kier molecular flexibility index (Phi) is 6.46. The number of nitrogens with zero attached hydrogens (tertiary/aromatic N) is 2. The van der Waals surface area contributed by atoms with Crippen LogP contribution in [0.5, 0.6) is 0 Å². The number of likely N-dealkylation sites (tertiary alicyclic amines) is 1. The number of amides is 3. The molecule has 4 aliphatic rings. The molecule has 3 N–H and O–H groups in total. The molecule has 0 radical (unpaired) electrons. The SMILES string of the molecule is O=C(CCCCC1SC[C@@H]2NC(=O)N[C@H]12)NCCN1C[C@H]2C[C@@H](C1)c1cccc(=O)n1C2. The number of hydrogen-bond donors (Lipinski definition) is 3. The van der Waals surface area contributed by atoms with Crippen molar-refractivity contribution in [3.63, 3.8) is 0 Å². The number of nitrogens with one attached hydrogen (secondary N) is 3. The van der Waals surface area contributed by atoms with Crippen molar-refractivity contribution in [2.24, 2.45) is 5.92 Å². The van der Waals surface area contributed by atoms with Crippen LogP contribution < -0.4 is 21.5 Å². The molecular formula is C23H33N5O3S. The predicted molar refractivity (Wildman–Crippen MR) is 125 cm³/mol. The Labute approximate surface area is 192 Å². The Bertz CT molecular complexity index is 921. The summed E-state index contributed by atoms with van der Waals surface area (Å²) in [5.41, 5.74) is 1.29. The molecule has 5 rings (SSSR count). The fraction of sp³-hybridized carbons (Fsp3) is 0.696. The summed E-state index contributed by atoms with van der Waals surface area (Å²) >= 11 is 1.93. The van der Waals surface area contributed by atoms with Gasteiger partial charge in [0.15, 0.2) is 0 Å². The van der Waals surface area contributed by atoms with Crippen LogP contribution in [0.2, 0.25) is 0 Å². The van der Waals surface area contributed by atoms with Gasteiger partial charge in [0, 0.05) is 67.8 Å². The van der Waals surface area contributed by atoms with Crippen molar-refractivity contribution in [1.29, 1.82) is 0 Å². The van der Waals surface area contributed by atoms with Gasteiger partial charge in [-0.25, -0.2) is 4.79 Å². The molecule has 1 unspecified atom stereocenters. The number of carbonyl (C=O) groups is 2. The van der Waals surface area contributed by atoms with E-state index >= 15 is 0 Å². The largest absolute Gasteiger partial charge is 0.355 e. The number of rotatable bonds is 8. The Hall–Kier alpha value is -2.00. The molecule has 1 aromatic rings. The molecular weight excluding hydrogens is 426 g/mol. The van der Waals surface area contributed by atoms with Crippen molar-refractivity contribution in [2.45, 2.75) is 61.9 Å². The average Bonchev–Trinajstić information content (AvgIpc) is 3.31. The summed E-state index contributed by atoms with van der Waals surface area (Å²) in [7, 11) is 0. The van der Waals surface area contributed by atoms with Crippen molar-refractivity contribution in [2.75, 3.05) is 31.9 Å². The summed E-state index contributed by atoms with van der Waals surface area (Å²) < 4.78 is 1.96. The average molecular weight is 460 g/mol. The lowest BCUT2D eigenvalue weighted by Crippen LogP contribution is -2.48. The van der Waals surface area contributed by atoms with Gasteiger partial charge in [0.1, 0.15) is 0 Å². The van der Waals surface area contributed by atoms with Crippen LogP contribution in [0.1, 0.15) is 43.7 Å². The van der Waals surface area contributed by atoms with E-state index in [9.17, 15) is 14.4 Å². The molecule has 3 fully saturated rings. The summed E-state index contributed by atoms with van der Waals surface area (Å²) in [6, 6.07) is 6.10. The van der Waals surface area contributed by atoms with Gasteiger partial charge in [0.25, 0.3) is 5.56 Å². The maximum atomic E-state index is 12.3. The standard InChI is InChI=1S/C23H33N5O3S/c29-20(6-2-1-5-19-22-17(14-32-19)25-23(31)26-22)24-8-9-27-11-15-10-16(13-27)18-4-3-7-21(30)28(18)12-15/h3-4,7,15-17,19,22H,1-2,5-6,8-14H2,(H,24,29)(H2,25,26,31)/t15-,16+,17+,19?,22+/m1/s1. The number of aromatic nitrogens is 1. The quantitative estimate of drug-likeness (QED) is 0.400. The van der Waals surface area contributed by atoms with Gasteiger partial charge in [-0.05, 0) is 31.2 Å². The van der Waals surface area contributed by atoms with Crippen molar-refractivity contribution in [3.05, 3.63) is 34.2 Å². The lowest BCUT2D eigenvalue weighted by molar-refractivity contribution is -0.121. The molecule has 3 saturated heterocycles. The van der Waals surface area contributed by atoms with E-state index in [0.717, 1.165) is 57.6 Å². The van der Waals surface area contributed by atoms with Crippen LogP contribution in [-0.4, -0.2) is 70.7 Å². The van der Waals surface area contributed by atoms with E-state index in [1.54, 1.807) is 6.07 Å². The molecule has 5 atom stereocenters. The molecule has 0 spiro atoms. The maximum Gasteiger partial charge on any atom is 0.315 e. The maximum absolute atomic E-state index is 12.3. The summed E-state index contributed by atoms with van der Waals surface area (Å²) in [5.74, 6) is 2.05. The number of piperidine rings is 1. The van der Waals surface area contributed by atoms with E-state index in [1.807, 2.05) is 22.4 Å². The Morgan fingerprint density at radius 2 is 2.06 bits per heavy atom. The highest BCUT2D eigenvalue weighted by Gasteiger charge is 2.42. The summed E-state index contributed by atoms with van der Waals surface area (Å²) in [6.45, 7) is 4.32. The van der Waals surface area contributed by atoms with Crippen LogP contribution >= 0.6 is 11.8 Å². The molecule has 32 heavy (non-hydrogen) atoms. The zero-order valence-corrected chi connectivity index (χ0v) is 19.2. The van der Waals surface area contributed by atoms with E-state index in [4.69, 9.17) is 0 Å². The van der Waals surface area contributed by atoms with Gasteiger partial charge < -0.3 is 25.4 Å². The second kappa shape index (κ2) is 9.47. The Morgan fingerprint density at radius 3 is 2.97 bits per heavy atom. The zero-order chi connectivity index (χ0) is 22.1. The number of thioether (sulfide) groups is 1. The third kappa shape index (κ3) is 4.69. The second-order valence-corrected chi connectivity index (χ2v) is 10.9. The van der Waals surface area contributed by atoms with E-state index < -0.39 is 0 Å². The first-order valence-electron chi connectivity index (χ1n) is 11.9. The fourth-order valence-electron chi connectivity index (χ4n) is 5.89. The van der Waals surface area contributed by atoms with E-state index in [2.05, 4.69) is 26.9 Å². The Morgan fingerprint density at radius 1 is 1.16 bits per heavy atom. The molecule has 0 aromatic carbocycles. The zero-order valence-electron chi connectivity index (χ0n) is 18.4. The van der Waals surface area contributed by atoms with E-state index in [0.29, 0.717) is 30.1 Å². The highest BCUT2D eigenvalue weighted by atomic mass is 32.2. The number of fused-ring (bicyclic) bond motifs is 5. The molecule has 0 saturated carbocycles. The lowest BCUT2D eigenvalue weighted by atomic mass is 9.83. The molecule has 174 valence electrons. The van der Waals surface area contributed by atoms with Crippen molar-refractivity contribution in [3.8, 4) is 0 Å². The smallest absolute Gasteiger partial charge is 0.315 e. The first-order valence-corrected chi connectivity index (χ1v) is 13.0. The number of hydrogen-bond acceptors (Lipinski definition) is 5. The topological polar surface area (TPSA) is 95.5 Å². The number of carbonyl (C=O) groups excluding carboxylic acids is 2. The molecule has 2 bridgehead atoms. The van der Waals surface area contributed by atoms with Gasteiger partial charge in [-0.15, -0.1) is 0 Å². The molecule has 9 heteroatoms. The van der Waals surface area contributed by atoms with Gasteiger partial charge in [-0.3, -0.25) is 9.59 Å². The molecule has 8 nitrogen and oxygen atoms in total. The van der Waals surface area contributed by atoms with Crippen molar-refractivity contribution >= 4 is 23.7 Å². The monoisotopic (exact) mass is 459 g/mol. The molecule has 0 aliphatic carbocycles. The van der Waals surface area contributed by atoms with Crippen LogP contribution in [0, 0.1) is 5.92 Å². The summed E-state index contributed by atoms with van der Waals surface area (Å²) in [5, 5.41) is 9.54. The van der Waals surface area contributed by atoms with Gasteiger partial charge in [-0.1, -0.05) is 12.5 Å². The molecule has 3 amide bonds. The minimum Gasteiger partial charge on any atom is -0.355 e. The van der Waals surface area contributed by atoms with E-state index in [1.165, 1.54) is 5.69 Å². The van der Waals surface area contributed by atoms with Crippen LogP contribution in [0.4, 0.5) is 4.79 Å². The number of unbranched alkanes of at least 4 members (excludes halogenated alkanes) is 1. The van der Waals surface area contributed by atoms with Gasteiger partial charge in [0.2, 0.25) is 5.91 Å². The van der Waals surface area contributed by atoms with Crippen molar-refractivity contribution < 1.29 is 9.59 Å². The minimum atomic E-state index is -0.0415. The molecule has 5 heterocycles. The Balaban J connectivity index is 0.987. The summed E-state index contributed by atoms with van der Waals surface area (Å²) in [6.07, 6.45) is 4.67. The highest BCUT2D eigenvalue weighted by molar-refractivity contribution is 8.00. The molecule has 1 aromatic heterocycles. The lowest BCUT2D eigenvalue weighted by Gasteiger charge is -2.42. The predicted octanol–water partition coefficient (Wildman–Crippen LogP) is 1.11.